The van der Waals surface area contributed by atoms with Crippen LogP contribution >= 0.6 is 0 Å². The molecule has 1 fully saturated rings. The Hall–Kier alpha value is -1.09. The molecule has 3 heteroatoms. The Balaban J connectivity index is 2.23. The highest BCUT2D eigenvalue weighted by Gasteiger charge is 2.19. The van der Waals surface area contributed by atoms with Crippen LogP contribution in [-0.4, -0.2) is 8.42 Å². The molecule has 0 aliphatic heterocycles. The zero-order chi connectivity index (χ0) is 10.0. The predicted octanol–water partition coefficient (Wildman–Crippen LogP) is 2.38. The van der Waals surface area contributed by atoms with Gasteiger partial charge in [0.2, 0.25) is 0 Å². The Labute approximate surface area is 84.2 Å². The zero-order valence-corrected chi connectivity index (χ0v) is 8.57. The van der Waals surface area contributed by atoms with E-state index >= 15 is 0 Å². The van der Waals surface area contributed by atoms with Crippen molar-refractivity contribution in [2.24, 2.45) is 5.92 Å². The Kier molecular flexibility index (Phi) is 2.42. The summed E-state index contributed by atoms with van der Waals surface area (Å²) in [4.78, 5) is 0.372. The van der Waals surface area contributed by atoms with E-state index < -0.39 is 9.84 Å². The molecule has 0 heterocycles. The van der Waals surface area contributed by atoms with E-state index in [-0.39, 0.29) is 0 Å². The molecule has 0 unspecified atom stereocenters. The summed E-state index contributed by atoms with van der Waals surface area (Å²) in [6.45, 7) is 0. The van der Waals surface area contributed by atoms with E-state index in [0.717, 1.165) is 12.8 Å². The third kappa shape index (κ3) is 2.23. The average molecular weight is 208 g/mol. The van der Waals surface area contributed by atoms with Crippen molar-refractivity contribution >= 4 is 9.84 Å². The monoisotopic (exact) mass is 208 g/mol. The number of allylic oxidation sites excluding steroid dienone is 1. The second-order valence-electron chi connectivity index (χ2n) is 3.52. The standard InChI is InChI=1S/C11H12O2S/c12-14(13,9-8-10-6-7-10)11-4-2-1-3-5-11/h1-5,8-10H,6-7H2/b9-8+. The Morgan fingerprint density at radius 3 is 2.36 bits per heavy atom. The smallest absolute Gasteiger partial charge is 0.199 e. The van der Waals surface area contributed by atoms with E-state index in [4.69, 9.17) is 0 Å². The lowest BCUT2D eigenvalue weighted by molar-refractivity contribution is 0.604. The Morgan fingerprint density at radius 2 is 1.79 bits per heavy atom. The molecule has 1 aromatic rings. The first-order valence-corrected chi connectivity index (χ1v) is 6.21. The highest BCUT2D eigenvalue weighted by Crippen LogP contribution is 2.30. The van der Waals surface area contributed by atoms with Crippen molar-refractivity contribution in [1.82, 2.24) is 0 Å². The molecule has 1 saturated carbocycles. The molecule has 14 heavy (non-hydrogen) atoms. The molecule has 0 amide bonds. The van der Waals surface area contributed by atoms with Gasteiger partial charge < -0.3 is 0 Å². The first kappa shape index (κ1) is 9.46. The van der Waals surface area contributed by atoms with Crippen LogP contribution in [0.1, 0.15) is 12.8 Å². The molecule has 0 atom stereocenters. The van der Waals surface area contributed by atoms with Gasteiger partial charge in [-0.2, -0.15) is 0 Å². The third-order valence-corrected chi connectivity index (χ3v) is 3.67. The van der Waals surface area contributed by atoms with Gasteiger partial charge in [0.1, 0.15) is 0 Å². The third-order valence-electron chi connectivity index (χ3n) is 2.22. The summed E-state index contributed by atoms with van der Waals surface area (Å²) in [6.07, 6.45) is 4.05. The molecule has 1 aliphatic carbocycles. The molecule has 0 aromatic heterocycles. The number of hydrogen-bond donors (Lipinski definition) is 0. The lowest BCUT2D eigenvalue weighted by atomic mass is 10.4. The van der Waals surface area contributed by atoms with Gasteiger partial charge in [-0.1, -0.05) is 24.3 Å². The van der Waals surface area contributed by atoms with Gasteiger partial charge in [-0.3, -0.25) is 0 Å². The summed E-state index contributed by atoms with van der Waals surface area (Å²) in [5.74, 6) is 0.494. The average Bonchev–Trinajstić information content (AvgIpc) is 3.00. The van der Waals surface area contributed by atoms with Crippen LogP contribution in [0.4, 0.5) is 0 Å². The SMILES string of the molecule is O=S(=O)(/C=C/C1CC1)c1ccccc1. The maximum atomic E-state index is 11.7. The minimum atomic E-state index is -3.20. The van der Waals surface area contributed by atoms with Crippen LogP contribution in [0.25, 0.3) is 0 Å². The molecule has 2 nitrogen and oxygen atoms in total. The minimum absolute atomic E-state index is 0.372. The molecule has 1 aromatic carbocycles. The fourth-order valence-corrected chi connectivity index (χ4v) is 2.31. The fraction of sp³-hybridized carbons (Fsp3) is 0.273. The molecular formula is C11H12O2S. The van der Waals surface area contributed by atoms with Crippen molar-refractivity contribution in [2.45, 2.75) is 17.7 Å². The molecule has 1 aliphatic rings. The van der Waals surface area contributed by atoms with Crippen molar-refractivity contribution in [1.29, 1.82) is 0 Å². The summed E-state index contributed by atoms with van der Waals surface area (Å²) >= 11 is 0. The molecular weight excluding hydrogens is 196 g/mol. The maximum absolute atomic E-state index is 11.7. The Morgan fingerprint density at radius 1 is 1.14 bits per heavy atom. The first-order chi connectivity index (χ1) is 6.68. The molecule has 0 spiro atoms. The summed E-state index contributed by atoms with van der Waals surface area (Å²) in [5.41, 5.74) is 0. The van der Waals surface area contributed by atoms with E-state index in [1.165, 1.54) is 5.41 Å². The summed E-state index contributed by atoms with van der Waals surface area (Å²) in [7, 11) is -3.20. The summed E-state index contributed by atoms with van der Waals surface area (Å²) < 4.78 is 23.4. The van der Waals surface area contributed by atoms with Crippen molar-refractivity contribution < 1.29 is 8.42 Å². The van der Waals surface area contributed by atoms with Gasteiger partial charge in [0.05, 0.1) is 4.90 Å². The van der Waals surface area contributed by atoms with Gasteiger partial charge in [-0.15, -0.1) is 0 Å². The van der Waals surface area contributed by atoms with Crippen LogP contribution in [0, 0.1) is 5.92 Å². The molecule has 2 rings (SSSR count). The Bertz CT molecular complexity index is 428. The molecule has 0 N–H and O–H groups in total. The van der Waals surface area contributed by atoms with Crippen LogP contribution in [0.15, 0.2) is 46.7 Å². The van der Waals surface area contributed by atoms with Crippen LogP contribution < -0.4 is 0 Å². The topological polar surface area (TPSA) is 34.1 Å². The predicted molar refractivity (Wildman–Crippen MR) is 55.5 cm³/mol. The number of sulfone groups is 1. The van der Waals surface area contributed by atoms with Gasteiger partial charge in [0, 0.05) is 5.41 Å². The number of rotatable bonds is 3. The second kappa shape index (κ2) is 3.58. The van der Waals surface area contributed by atoms with E-state index in [1.807, 2.05) is 6.07 Å². The lowest BCUT2D eigenvalue weighted by Crippen LogP contribution is -1.95. The maximum Gasteiger partial charge on any atom is 0.199 e. The normalized spacial score (nSPS) is 17.4. The van der Waals surface area contributed by atoms with E-state index in [1.54, 1.807) is 30.3 Å². The quantitative estimate of drug-likeness (QED) is 0.764. The van der Waals surface area contributed by atoms with Crippen LogP contribution in [0.2, 0.25) is 0 Å². The number of hydrogen-bond acceptors (Lipinski definition) is 2. The van der Waals surface area contributed by atoms with Crippen molar-refractivity contribution in [3.8, 4) is 0 Å². The van der Waals surface area contributed by atoms with Gasteiger partial charge >= 0.3 is 0 Å². The largest absolute Gasteiger partial charge is 0.219 e. The van der Waals surface area contributed by atoms with Crippen molar-refractivity contribution in [3.05, 3.63) is 41.8 Å². The first-order valence-electron chi connectivity index (χ1n) is 4.67. The molecule has 0 bridgehead atoms. The number of benzene rings is 1. The molecule has 0 radical (unpaired) electrons. The van der Waals surface area contributed by atoms with Gasteiger partial charge in [-0.05, 0) is 30.9 Å². The lowest BCUT2D eigenvalue weighted by Gasteiger charge is -1.96. The van der Waals surface area contributed by atoms with Gasteiger partial charge in [0.15, 0.2) is 9.84 Å². The van der Waals surface area contributed by atoms with E-state index in [0.29, 0.717) is 10.8 Å². The summed E-state index contributed by atoms with van der Waals surface area (Å²) in [5, 5.41) is 1.33. The van der Waals surface area contributed by atoms with Gasteiger partial charge in [-0.25, -0.2) is 8.42 Å². The minimum Gasteiger partial charge on any atom is -0.219 e. The van der Waals surface area contributed by atoms with E-state index in [9.17, 15) is 8.42 Å². The van der Waals surface area contributed by atoms with Crippen molar-refractivity contribution in [2.75, 3.05) is 0 Å². The second-order valence-corrected chi connectivity index (χ2v) is 5.36. The van der Waals surface area contributed by atoms with Crippen LogP contribution in [0.5, 0.6) is 0 Å². The zero-order valence-electron chi connectivity index (χ0n) is 7.76. The van der Waals surface area contributed by atoms with E-state index in [2.05, 4.69) is 0 Å². The van der Waals surface area contributed by atoms with Crippen LogP contribution in [-0.2, 0) is 9.84 Å². The summed E-state index contributed by atoms with van der Waals surface area (Å²) in [6, 6.07) is 8.51. The van der Waals surface area contributed by atoms with Crippen molar-refractivity contribution in [3.63, 3.8) is 0 Å². The van der Waals surface area contributed by atoms with Gasteiger partial charge in [0.25, 0.3) is 0 Å². The molecule has 74 valence electrons. The van der Waals surface area contributed by atoms with Crippen LogP contribution in [0.3, 0.4) is 0 Å². The highest BCUT2D eigenvalue weighted by molar-refractivity contribution is 7.94. The fourth-order valence-electron chi connectivity index (χ4n) is 1.19. The molecule has 0 saturated heterocycles. The highest BCUT2D eigenvalue weighted by atomic mass is 32.2.